The van der Waals surface area contributed by atoms with Crippen LogP contribution >= 0.6 is 0 Å². The number of hydrogen-bond acceptors (Lipinski definition) is 5. The van der Waals surface area contributed by atoms with Crippen LogP contribution in [0.4, 0.5) is 0 Å². The molecule has 0 spiro atoms. The maximum absolute atomic E-state index is 13.2. The zero-order valence-corrected chi connectivity index (χ0v) is 19.1. The second-order valence-electron chi connectivity index (χ2n) is 10.2. The van der Waals surface area contributed by atoms with Gasteiger partial charge in [-0.15, -0.1) is 0 Å². The number of fused-ring (bicyclic) bond motifs is 1. The highest BCUT2D eigenvalue weighted by molar-refractivity contribution is 5.89. The molecule has 0 aromatic carbocycles. The molecule has 5 rings (SSSR count). The average molecular weight is 442 g/mol. The van der Waals surface area contributed by atoms with Crippen LogP contribution in [0.25, 0.3) is 0 Å². The van der Waals surface area contributed by atoms with E-state index in [0.29, 0.717) is 18.9 Å². The summed E-state index contributed by atoms with van der Waals surface area (Å²) in [6, 6.07) is -0.199. The van der Waals surface area contributed by atoms with Gasteiger partial charge in [-0.2, -0.15) is 0 Å². The summed E-state index contributed by atoms with van der Waals surface area (Å²) in [5, 5.41) is 0. The van der Waals surface area contributed by atoms with Crippen LogP contribution in [0.1, 0.15) is 74.5 Å². The molecule has 4 heterocycles. The number of H-pyrrole nitrogens is 1. The van der Waals surface area contributed by atoms with Gasteiger partial charge < -0.3 is 14.8 Å². The number of aromatic nitrogens is 2. The fourth-order valence-electron chi connectivity index (χ4n) is 6.14. The molecule has 1 aromatic rings. The molecule has 8 heteroatoms. The molecule has 174 valence electrons. The Balaban J connectivity index is 1.32. The molecular weight excluding hydrogens is 406 g/mol. The van der Waals surface area contributed by atoms with E-state index in [1.54, 1.807) is 11.9 Å². The molecule has 2 atom stereocenters. The van der Waals surface area contributed by atoms with Crippen molar-refractivity contribution in [2.45, 2.75) is 70.4 Å². The Morgan fingerprint density at radius 3 is 2.66 bits per heavy atom. The van der Waals surface area contributed by atoms with Crippen LogP contribution in [-0.2, 0) is 22.6 Å². The van der Waals surface area contributed by atoms with Gasteiger partial charge in [0.25, 0.3) is 5.56 Å². The topological polar surface area (TPSA) is 89.6 Å². The summed E-state index contributed by atoms with van der Waals surface area (Å²) < 4.78 is 0. The number of rotatable bonds is 4. The van der Waals surface area contributed by atoms with Crippen LogP contribution in [-0.4, -0.2) is 69.7 Å². The molecule has 0 unspecified atom stereocenters. The van der Waals surface area contributed by atoms with E-state index in [2.05, 4.69) is 9.88 Å². The second kappa shape index (κ2) is 8.96. The number of nitrogens with zero attached hydrogens (tertiary/aromatic N) is 4. The molecule has 2 amide bonds. The molecule has 1 N–H and O–H groups in total. The van der Waals surface area contributed by atoms with Crippen LogP contribution in [0.2, 0.25) is 0 Å². The minimum Gasteiger partial charge on any atom is -0.345 e. The number of hydrogen-bond donors (Lipinski definition) is 1. The fourth-order valence-corrected chi connectivity index (χ4v) is 6.14. The maximum atomic E-state index is 13.2. The molecule has 0 radical (unpaired) electrons. The number of carbonyl (C=O) groups is 2. The summed E-state index contributed by atoms with van der Waals surface area (Å²) in [7, 11) is 1.75. The Morgan fingerprint density at radius 1 is 1.09 bits per heavy atom. The van der Waals surface area contributed by atoms with E-state index in [4.69, 9.17) is 4.98 Å². The van der Waals surface area contributed by atoms with Crippen molar-refractivity contribution in [3.05, 3.63) is 27.4 Å². The first-order chi connectivity index (χ1) is 15.5. The van der Waals surface area contributed by atoms with E-state index >= 15 is 0 Å². The van der Waals surface area contributed by atoms with Gasteiger partial charge in [-0.25, -0.2) is 4.98 Å². The lowest BCUT2D eigenvalue weighted by Crippen LogP contribution is -2.40. The number of amides is 2. The summed E-state index contributed by atoms with van der Waals surface area (Å²) in [4.78, 5) is 51.9. The van der Waals surface area contributed by atoms with Crippen molar-refractivity contribution in [1.29, 1.82) is 0 Å². The lowest BCUT2D eigenvalue weighted by molar-refractivity contribution is -0.136. The molecule has 3 aliphatic heterocycles. The van der Waals surface area contributed by atoms with Crippen molar-refractivity contribution in [1.82, 2.24) is 24.7 Å². The number of nitrogens with one attached hydrogen (secondary N) is 1. The van der Waals surface area contributed by atoms with Crippen molar-refractivity contribution in [2.75, 3.05) is 33.2 Å². The first-order valence-corrected chi connectivity index (χ1v) is 12.4. The van der Waals surface area contributed by atoms with Crippen molar-refractivity contribution < 1.29 is 9.59 Å². The van der Waals surface area contributed by atoms with Crippen molar-refractivity contribution in [2.24, 2.45) is 11.8 Å². The molecule has 8 nitrogen and oxygen atoms in total. The van der Waals surface area contributed by atoms with Gasteiger partial charge in [-0.1, -0.05) is 19.3 Å². The smallest absolute Gasteiger partial charge is 0.254 e. The minimum absolute atomic E-state index is 0.0181. The molecular formula is C24H35N5O3. The number of likely N-dealkylation sites (tertiary alicyclic amines) is 2. The van der Waals surface area contributed by atoms with Crippen molar-refractivity contribution in [3.8, 4) is 0 Å². The monoisotopic (exact) mass is 441 g/mol. The zero-order chi connectivity index (χ0) is 22.2. The van der Waals surface area contributed by atoms with Gasteiger partial charge in [0.1, 0.15) is 5.82 Å². The lowest BCUT2D eigenvalue weighted by atomic mass is 9.88. The van der Waals surface area contributed by atoms with Crippen LogP contribution in [0, 0.1) is 11.8 Å². The molecule has 32 heavy (non-hydrogen) atoms. The summed E-state index contributed by atoms with van der Waals surface area (Å²) in [6.07, 6.45) is 9.39. The third kappa shape index (κ3) is 4.21. The molecule has 4 aliphatic rings. The molecule has 1 aliphatic carbocycles. The van der Waals surface area contributed by atoms with Gasteiger partial charge >= 0.3 is 0 Å². The molecule has 2 saturated heterocycles. The van der Waals surface area contributed by atoms with E-state index < -0.39 is 0 Å². The molecule has 3 fully saturated rings. The summed E-state index contributed by atoms with van der Waals surface area (Å²) in [5.41, 5.74) is 1.66. The van der Waals surface area contributed by atoms with Crippen LogP contribution in [0.15, 0.2) is 4.79 Å². The van der Waals surface area contributed by atoms with Gasteiger partial charge in [0.15, 0.2) is 0 Å². The van der Waals surface area contributed by atoms with Gasteiger partial charge in [0, 0.05) is 51.8 Å². The van der Waals surface area contributed by atoms with E-state index in [1.807, 2.05) is 4.90 Å². The van der Waals surface area contributed by atoms with E-state index in [1.165, 1.54) is 32.1 Å². The Kier molecular flexibility index (Phi) is 6.05. The predicted molar refractivity (Wildman–Crippen MR) is 120 cm³/mol. The highest BCUT2D eigenvalue weighted by atomic mass is 16.2. The Labute approximate surface area is 189 Å². The summed E-state index contributed by atoms with van der Waals surface area (Å²) >= 11 is 0. The van der Waals surface area contributed by atoms with Gasteiger partial charge in [0.05, 0.1) is 17.7 Å². The normalized spacial score (nSPS) is 27.2. The maximum Gasteiger partial charge on any atom is 0.254 e. The highest BCUT2D eigenvalue weighted by Gasteiger charge is 2.40. The fraction of sp³-hybridized carbons (Fsp3) is 0.750. The van der Waals surface area contributed by atoms with Crippen LogP contribution < -0.4 is 5.56 Å². The second-order valence-corrected chi connectivity index (χ2v) is 10.2. The third-order valence-corrected chi connectivity index (χ3v) is 7.95. The van der Waals surface area contributed by atoms with Gasteiger partial charge in [-0.05, 0) is 38.0 Å². The highest BCUT2D eigenvalue weighted by Crippen LogP contribution is 2.33. The lowest BCUT2D eigenvalue weighted by Gasteiger charge is -2.33. The first-order valence-electron chi connectivity index (χ1n) is 12.4. The first kappa shape index (κ1) is 21.6. The Morgan fingerprint density at radius 2 is 1.91 bits per heavy atom. The Bertz CT molecular complexity index is 938. The van der Waals surface area contributed by atoms with E-state index in [-0.39, 0.29) is 35.8 Å². The SMILES string of the molecule is CN1C[C@H](C(=O)N2CCC[C@@H]2c2nc3c(c(=O)[nH]2)CCN(CC2CCCCC2)C3)CC1=O. The van der Waals surface area contributed by atoms with E-state index in [9.17, 15) is 14.4 Å². The standard InChI is InChI=1S/C24H35N5O3/c1-27-14-17(12-21(27)30)24(32)29-10-5-8-20(29)22-25-19-15-28(11-9-18(19)23(31)26-22)13-16-6-3-2-4-7-16/h16-17,20H,2-15H2,1H3,(H,25,26,31)/t17-,20-/m1/s1. The molecule has 1 aromatic heterocycles. The summed E-state index contributed by atoms with van der Waals surface area (Å²) in [6.45, 7) is 3.88. The van der Waals surface area contributed by atoms with Crippen molar-refractivity contribution in [3.63, 3.8) is 0 Å². The zero-order valence-electron chi connectivity index (χ0n) is 19.1. The quantitative estimate of drug-likeness (QED) is 0.770. The number of carbonyl (C=O) groups excluding carboxylic acids is 2. The largest absolute Gasteiger partial charge is 0.345 e. The van der Waals surface area contributed by atoms with Gasteiger partial charge in [-0.3, -0.25) is 19.3 Å². The van der Waals surface area contributed by atoms with Crippen LogP contribution in [0.3, 0.4) is 0 Å². The van der Waals surface area contributed by atoms with E-state index in [0.717, 1.165) is 56.1 Å². The van der Waals surface area contributed by atoms with Gasteiger partial charge in [0.2, 0.25) is 11.8 Å². The Hall–Kier alpha value is -2.22. The minimum atomic E-state index is -0.288. The van der Waals surface area contributed by atoms with Crippen LogP contribution in [0.5, 0.6) is 0 Å². The average Bonchev–Trinajstić information content (AvgIpc) is 3.41. The molecule has 1 saturated carbocycles. The third-order valence-electron chi connectivity index (χ3n) is 7.95. The number of aromatic amines is 1. The predicted octanol–water partition coefficient (Wildman–Crippen LogP) is 1.85. The molecule has 0 bridgehead atoms. The van der Waals surface area contributed by atoms with Crippen molar-refractivity contribution >= 4 is 11.8 Å². The summed E-state index contributed by atoms with van der Waals surface area (Å²) in [5.74, 6) is 1.14.